The van der Waals surface area contributed by atoms with Gasteiger partial charge in [0.1, 0.15) is 0 Å². The van der Waals surface area contributed by atoms with Crippen LogP contribution in [-0.4, -0.2) is 31.9 Å². The first-order valence-corrected chi connectivity index (χ1v) is 18.5. The standard InChI is InChI=1S/C50H37N5/c1-55-48(44-22-11-12-28-51-44)32-43(35-14-5-2-6-15-35)33-49(55)47-31-41(27-29-52-47)37-25-23-36(24-26-37)40-20-13-21-42(30-40)50-53-45(38-16-7-3-8-17-38)34-46(54-50)39-18-9-4-10-19-39/h2-34,49H,1H3. The van der Waals surface area contributed by atoms with Crippen molar-refractivity contribution < 1.29 is 0 Å². The summed E-state index contributed by atoms with van der Waals surface area (Å²) in [7, 11) is 2.12. The van der Waals surface area contributed by atoms with E-state index >= 15 is 0 Å². The van der Waals surface area contributed by atoms with Crippen molar-refractivity contribution in [3.63, 3.8) is 0 Å². The average Bonchev–Trinajstić information content (AvgIpc) is 3.27. The second-order valence-electron chi connectivity index (χ2n) is 13.6. The topological polar surface area (TPSA) is 54.8 Å². The van der Waals surface area contributed by atoms with Crippen LogP contribution in [0.2, 0.25) is 0 Å². The summed E-state index contributed by atoms with van der Waals surface area (Å²) in [5.74, 6) is 0.696. The van der Waals surface area contributed by atoms with Crippen LogP contribution < -0.4 is 0 Å². The van der Waals surface area contributed by atoms with Gasteiger partial charge in [-0.1, -0.05) is 140 Å². The molecule has 1 aliphatic rings. The Kier molecular flexibility index (Phi) is 9.17. The van der Waals surface area contributed by atoms with E-state index in [1.165, 1.54) is 0 Å². The largest absolute Gasteiger partial charge is 0.361 e. The zero-order valence-electron chi connectivity index (χ0n) is 30.4. The van der Waals surface area contributed by atoms with Gasteiger partial charge in [0.2, 0.25) is 0 Å². The molecule has 5 nitrogen and oxygen atoms in total. The van der Waals surface area contributed by atoms with Crippen molar-refractivity contribution in [1.29, 1.82) is 0 Å². The summed E-state index contributed by atoms with van der Waals surface area (Å²) in [4.78, 5) is 22.0. The van der Waals surface area contributed by atoms with Crippen LogP contribution in [0.3, 0.4) is 0 Å². The second-order valence-corrected chi connectivity index (χ2v) is 13.6. The lowest BCUT2D eigenvalue weighted by Crippen LogP contribution is -2.26. The first-order valence-electron chi connectivity index (χ1n) is 18.5. The Hall–Kier alpha value is -7.24. The van der Waals surface area contributed by atoms with Crippen LogP contribution in [0.25, 0.3) is 67.4 Å². The summed E-state index contributed by atoms with van der Waals surface area (Å²) in [6.07, 6.45) is 8.28. The minimum atomic E-state index is -0.0794. The van der Waals surface area contributed by atoms with Crippen molar-refractivity contribution in [3.05, 3.63) is 217 Å². The lowest BCUT2D eigenvalue weighted by Gasteiger charge is -2.33. The van der Waals surface area contributed by atoms with E-state index in [0.717, 1.165) is 78.6 Å². The molecule has 0 radical (unpaired) electrons. The van der Waals surface area contributed by atoms with Gasteiger partial charge in [-0.25, -0.2) is 9.97 Å². The van der Waals surface area contributed by atoms with Gasteiger partial charge < -0.3 is 4.90 Å². The van der Waals surface area contributed by atoms with Crippen molar-refractivity contribution in [2.45, 2.75) is 6.04 Å². The minimum absolute atomic E-state index is 0.0794. The lowest BCUT2D eigenvalue weighted by atomic mass is 9.93. The molecule has 0 bridgehead atoms. The molecule has 0 saturated heterocycles. The van der Waals surface area contributed by atoms with E-state index in [9.17, 15) is 0 Å². The highest BCUT2D eigenvalue weighted by Crippen LogP contribution is 2.38. The maximum atomic E-state index is 5.05. The van der Waals surface area contributed by atoms with Crippen LogP contribution in [-0.2, 0) is 0 Å². The van der Waals surface area contributed by atoms with Crippen LogP contribution in [0.5, 0.6) is 0 Å². The number of aromatic nitrogens is 4. The Morgan fingerprint density at radius 3 is 1.60 bits per heavy atom. The maximum Gasteiger partial charge on any atom is 0.160 e. The van der Waals surface area contributed by atoms with Crippen molar-refractivity contribution in [2.24, 2.45) is 0 Å². The van der Waals surface area contributed by atoms with E-state index in [-0.39, 0.29) is 6.04 Å². The maximum absolute atomic E-state index is 5.05. The Morgan fingerprint density at radius 2 is 0.982 bits per heavy atom. The molecule has 0 N–H and O–H groups in total. The number of pyridine rings is 2. The molecule has 9 rings (SSSR count). The quantitative estimate of drug-likeness (QED) is 0.157. The first kappa shape index (κ1) is 33.6. The SMILES string of the molecule is CN1C(c2ccccn2)=CC(c2ccccc2)=CC1c1cc(-c2ccc(-c3cccc(-c4nc(-c5ccccc5)cc(-c5ccccc5)n4)c3)cc2)ccn1. The third kappa shape index (κ3) is 7.11. The molecular formula is C50H37N5. The summed E-state index contributed by atoms with van der Waals surface area (Å²) >= 11 is 0. The van der Waals surface area contributed by atoms with Gasteiger partial charge in [-0.05, 0) is 81.9 Å². The van der Waals surface area contributed by atoms with Crippen molar-refractivity contribution in [3.8, 4) is 56.2 Å². The first-order chi connectivity index (χ1) is 27.2. The molecule has 5 aromatic carbocycles. The zero-order chi connectivity index (χ0) is 37.0. The van der Waals surface area contributed by atoms with Crippen LogP contribution in [0.1, 0.15) is 23.0 Å². The van der Waals surface area contributed by atoms with Crippen LogP contribution in [0.4, 0.5) is 0 Å². The summed E-state index contributed by atoms with van der Waals surface area (Å²) in [6.45, 7) is 0. The predicted molar refractivity (Wildman–Crippen MR) is 224 cm³/mol. The highest BCUT2D eigenvalue weighted by molar-refractivity contribution is 5.85. The molecule has 1 unspecified atom stereocenters. The zero-order valence-corrected chi connectivity index (χ0v) is 30.4. The number of benzene rings is 5. The molecule has 0 aliphatic carbocycles. The molecule has 3 aromatic heterocycles. The van der Waals surface area contributed by atoms with Gasteiger partial charge >= 0.3 is 0 Å². The Balaban J connectivity index is 1.02. The predicted octanol–water partition coefficient (Wildman–Crippen LogP) is 11.7. The fourth-order valence-electron chi connectivity index (χ4n) is 7.16. The fraction of sp³-hybridized carbons (Fsp3) is 0.0400. The van der Waals surface area contributed by atoms with E-state index in [1.54, 1.807) is 0 Å². The van der Waals surface area contributed by atoms with Gasteiger partial charge in [0.25, 0.3) is 0 Å². The summed E-state index contributed by atoms with van der Waals surface area (Å²) in [5, 5.41) is 0. The van der Waals surface area contributed by atoms with E-state index in [1.807, 2.05) is 67.0 Å². The van der Waals surface area contributed by atoms with Crippen molar-refractivity contribution in [1.82, 2.24) is 24.8 Å². The van der Waals surface area contributed by atoms with Gasteiger partial charge in [0.15, 0.2) is 5.82 Å². The van der Waals surface area contributed by atoms with Gasteiger partial charge in [-0.2, -0.15) is 0 Å². The number of rotatable bonds is 8. The van der Waals surface area contributed by atoms with Gasteiger partial charge in [0, 0.05) is 36.1 Å². The molecule has 1 atom stereocenters. The van der Waals surface area contributed by atoms with E-state index in [0.29, 0.717) is 5.82 Å². The van der Waals surface area contributed by atoms with Gasteiger partial charge in [-0.3, -0.25) is 9.97 Å². The minimum Gasteiger partial charge on any atom is -0.361 e. The number of nitrogens with zero attached hydrogens (tertiary/aromatic N) is 5. The third-order valence-corrected chi connectivity index (χ3v) is 10.1. The van der Waals surface area contributed by atoms with Crippen LogP contribution in [0.15, 0.2) is 200 Å². The van der Waals surface area contributed by atoms with Crippen LogP contribution in [0, 0.1) is 0 Å². The molecule has 1 aliphatic heterocycles. The molecular weight excluding hydrogens is 671 g/mol. The van der Waals surface area contributed by atoms with E-state index in [2.05, 4.69) is 145 Å². The van der Waals surface area contributed by atoms with Gasteiger partial charge in [0.05, 0.1) is 34.5 Å². The Morgan fingerprint density at radius 1 is 0.418 bits per heavy atom. The number of likely N-dealkylation sites (N-methyl/N-ethyl adjacent to an activating group) is 1. The lowest BCUT2D eigenvalue weighted by molar-refractivity contribution is 0.405. The number of hydrogen-bond donors (Lipinski definition) is 0. The monoisotopic (exact) mass is 707 g/mol. The summed E-state index contributed by atoms with van der Waals surface area (Å²) < 4.78 is 0. The van der Waals surface area contributed by atoms with E-state index in [4.69, 9.17) is 19.9 Å². The van der Waals surface area contributed by atoms with Gasteiger partial charge in [-0.15, -0.1) is 0 Å². The van der Waals surface area contributed by atoms with E-state index < -0.39 is 0 Å². The highest BCUT2D eigenvalue weighted by atomic mass is 15.2. The molecule has 4 heterocycles. The number of hydrogen-bond acceptors (Lipinski definition) is 5. The molecule has 0 spiro atoms. The molecule has 0 fully saturated rings. The average molecular weight is 708 g/mol. The normalized spacial score (nSPS) is 13.9. The molecule has 55 heavy (non-hydrogen) atoms. The second kappa shape index (κ2) is 15.0. The smallest absolute Gasteiger partial charge is 0.160 e. The highest BCUT2D eigenvalue weighted by Gasteiger charge is 2.26. The fourth-order valence-corrected chi connectivity index (χ4v) is 7.16. The summed E-state index contributed by atoms with van der Waals surface area (Å²) in [5.41, 5.74) is 14.6. The molecule has 0 saturated carbocycles. The molecule has 0 amide bonds. The van der Waals surface area contributed by atoms with Crippen molar-refractivity contribution >= 4 is 11.3 Å². The number of allylic oxidation sites excluding steroid dienone is 2. The summed E-state index contributed by atoms with van der Waals surface area (Å²) in [6, 6.07) is 60.7. The molecule has 8 aromatic rings. The van der Waals surface area contributed by atoms with Crippen molar-refractivity contribution in [2.75, 3.05) is 7.05 Å². The molecule has 5 heteroatoms. The third-order valence-electron chi connectivity index (χ3n) is 10.1. The molecule has 262 valence electrons. The Bertz CT molecular complexity index is 2580. The Labute approximate surface area is 321 Å². The van der Waals surface area contributed by atoms with Crippen LogP contribution >= 0.6 is 0 Å².